The Labute approximate surface area is 243 Å². The molecule has 0 saturated heterocycles. The lowest BCUT2D eigenvalue weighted by Gasteiger charge is -2.26. The van der Waals surface area contributed by atoms with Crippen molar-refractivity contribution in [2.24, 2.45) is 4.99 Å². The summed E-state index contributed by atoms with van der Waals surface area (Å²) in [6.07, 6.45) is -3.62. The molecule has 0 amide bonds. The summed E-state index contributed by atoms with van der Waals surface area (Å²) in [6, 6.07) is 12.4. The SMILES string of the molecule is CCOC(=O)C1=C(C(F)(F)F)N=c2s/c(=C\c3ccc(-c4cc(Cl)ccc4Cl)o3)c(=O)n2[C@H]1c1ccc(Cl)cc1. The van der Waals surface area contributed by atoms with Gasteiger partial charge in [-0.2, -0.15) is 13.2 Å². The van der Waals surface area contributed by atoms with Crippen LogP contribution < -0.4 is 14.9 Å². The van der Waals surface area contributed by atoms with Crippen LogP contribution in [-0.2, 0) is 9.53 Å². The van der Waals surface area contributed by atoms with Crippen molar-refractivity contribution in [2.45, 2.75) is 19.1 Å². The standard InChI is InChI=1S/C27H16Cl3F3N2O4S/c1-2-38-25(37)21-22(13-3-5-14(28)6-4-13)35-24(36)20(40-26(35)34-23(21)27(31,32)33)12-16-8-10-19(39-16)17-11-15(29)7-9-18(17)30/h3-12,22H,2H2,1H3/b20-12-/t22-/m0/s1. The Balaban J connectivity index is 1.71. The maximum atomic E-state index is 14.2. The van der Waals surface area contributed by atoms with Gasteiger partial charge in [0.1, 0.15) is 11.5 Å². The van der Waals surface area contributed by atoms with E-state index in [-0.39, 0.29) is 27.3 Å². The minimum atomic E-state index is -5.01. The molecular weight excluding hydrogens is 612 g/mol. The fourth-order valence-electron chi connectivity index (χ4n) is 4.19. The number of nitrogens with zero attached hydrogens (tertiary/aromatic N) is 2. The Morgan fingerprint density at radius 1 is 1.10 bits per heavy atom. The summed E-state index contributed by atoms with van der Waals surface area (Å²) < 4.78 is 54.5. The molecule has 0 saturated carbocycles. The second-order valence-corrected chi connectivity index (χ2v) is 10.7. The number of aromatic nitrogens is 1. The number of hydrogen-bond acceptors (Lipinski definition) is 6. The summed E-state index contributed by atoms with van der Waals surface area (Å²) in [6.45, 7) is 1.29. The van der Waals surface area contributed by atoms with E-state index in [1.165, 1.54) is 37.3 Å². The van der Waals surface area contributed by atoms with Gasteiger partial charge in [0.2, 0.25) is 0 Å². The highest BCUT2D eigenvalue weighted by atomic mass is 35.5. The van der Waals surface area contributed by atoms with Gasteiger partial charge >= 0.3 is 12.1 Å². The first-order chi connectivity index (χ1) is 19.0. The van der Waals surface area contributed by atoms with Crippen molar-refractivity contribution in [1.29, 1.82) is 0 Å². The Kier molecular flexibility index (Phi) is 7.71. The van der Waals surface area contributed by atoms with E-state index in [2.05, 4.69) is 4.99 Å². The lowest BCUT2D eigenvalue weighted by molar-refractivity contribution is -0.140. The van der Waals surface area contributed by atoms with Crippen molar-refractivity contribution < 1.29 is 27.1 Å². The topological polar surface area (TPSA) is 73.8 Å². The van der Waals surface area contributed by atoms with Crippen LogP contribution in [-0.4, -0.2) is 23.3 Å². The smallest absolute Gasteiger partial charge is 0.434 e. The average Bonchev–Trinajstić information content (AvgIpc) is 3.49. The number of alkyl halides is 3. The third kappa shape index (κ3) is 5.36. The van der Waals surface area contributed by atoms with E-state index in [9.17, 15) is 22.8 Å². The lowest BCUT2D eigenvalue weighted by atomic mass is 9.95. The quantitative estimate of drug-likeness (QED) is 0.235. The van der Waals surface area contributed by atoms with Crippen LogP contribution >= 0.6 is 46.1 Å². The van der Waals surface area contributed by atoms with Crippen LogP contribution in [0.5, 0.6) is 0 Å². The predicted molar refractivity (Wildman–Crippen MR) is 146 cm³/mol. The number of halogens is 6. The molecule has 0 spiro atoms. The Hall–Kier alpha value is -3.31. The number of rotatable bonds is 5. The highest BCUT2D eigenvalue weighted by Gasteiger charge is 2.45. The monoisotopic (exact) mass is 626 g/mol. The van der Waals surface area contributed by atoms with Gasteiger partial charge in [-0.25, -0.2) is 9.79 Å². The van der Waals surface area contributed by atoms with E-state index in [4.69, 9.17) is 44.0 Å². The summed E-state index contributed by atoms with van der Waals surface area (Å²) >= 11 is 19.0. The molecule has 1 aliphatic heterocycles. The summed E-state index contributed by atoms with van der Waals surface area (Å²) in [5.41, 5.74) is -2.17. The summed E-state index contributed by atoms with van der Waals surface area (Å²) in [7, 11) is 0. The minimum Gasteiger partial charge on any atom is -0.463 e. The van der Waals surface area contributed by atoms with E-state index < -0.39 is 35.0 Å². The molecule has 5 rings (SSSR count). The van der Waals surface area contributed by atoms with Crippen molar-refractivity contribution >= 4 is 58.2 Å². The molecule has 40 heavy (non-hydrogen) atoms. The van der Waals surface area contributed by atoms with Crippen LogP contribution in [0.2, 0.25) is 15.1 Å². The molecular formula is C27H16Cl3F3N2O4S. The van der Waals surface area contributed by atoms with Crippen LogP contribution in [0, 0.1) is 0 Å². The van der Waals surface area contributed by atoms with E-state index in [1.54, 1.807) is 30.3 Å². The fraction of sp³-hybridized carbons (Fsp3) is 0.148. The first-order valence-electron chi connectivity index (χ1n) is 11.6. The van der Waals surface area contributed by atoms with E-state index in [1.807, 2.05) is 0 Å². The Morgan fingerprint density at radius 3 is 2.48 bits per heavy atom. The number of allylic oxidation sites excluding steroid dienone is 1. The van der Waals surface area contributed by atoms with E-state index in [0.717, 1.165) is 15.9 Å². The molecule has 1 aliphatic rings. The summed E-state index contributed by atoms with van der Waals surface area (Å²) in [4.78, 5) is 30.0. The van der Waals surface area contributed by atoms with Crippen molar-refractivity contribution in [3.63, 3.8) is 0 Å². The normalized spacial score (nSPS) is 15.7. The molecule has 206 valence electrons. The first-order valence-corrected chi connectivity index (χ1v) is 13.5. The number of furan rings is 1. The maximum Gasteiger partial charge on any atom is 0.434 e. The third-order valence-corrected chi connectivity index (χ3v) is 7.67. The number of thiazole rings is 1. The maximum absolute atomic E-state index is 14.2. The Bertz CT molecular complexity index is 1840. The lowest BCUT2D eigenvalue weighted by Crippen LogP contribution is -2.41. The van der Waals surface area contributed by atoms with Crippen LogP contribution in [0.1, 0.15) is 24.3 Å². The predicted octanol–water partition coefficient (Wildman–Crippen LogP) is 6.56. The minimum absolute atomic E-state index is 0.0300. The van der Waals surface area contributed by atoms with Crippen molar-refractivity contribution in [3.8, 4) is 11.3 Å². The van der Waals surface area contributed by atoms with Crippen molar-refractivity contribution in [2.75, 3.05) is 6.61 Å². The van der Waals surface area contributed by atoms with Crippen LogP contribution in [0.15, 0.2) is 80.1 Å². The zero-order valence-electron chi connectivity index (χ0n) is 20.3. The van der Waals surface area contributed by atoms with Gasteiger partial charge in [-0.05, 0) is 55.0 Å². The molecule has 0 aliphatic carbocycles. The number of hydrogen-bond donors (Lipinski definition) is 0. The Morgan fingerprint density at radius 2 is 1.80 bits per heavy atom. The van der Waals surface area contributed by atoms with E-state index >= 15 is 0 Å². The molecule has 2 aromatic carbocycles. The third-order valence-electron chi connectivity index (χ3n) is 5.87. The van der Waals surface area contributed by atoms with Crippen LogP contribution in [0.4, 0.5) is 13.2 Å². The molecule has 13 heteroatoms. The van der Waals surface area contributed by atoms with Crippen LogP contribution in [0.25, 0.3) is 17.4 Å². The van der Waals surface area contributed by atoms with E-state index in [0.29, 0.717) is 26.4 Å². The zero-order valence-corrected chi connectivity index (χ0v) is 23.3. The molecule has 1 atom stereocenters. The van der Waals surface area contributed by atoms with Gasteiger partial charge in [0.25, 0.3) is 5.56 Å². The molecule has 4 aromatic rings. The number of benzene rings is 2. The molecule has 2 aromatic heterocycles. The number of fused-ring (bicyclic) bond motifs is 1. The van der Waals surface area contributed by atoms with Crippen molar-refractivity contribution in [3.05, 3.63) is 112 Å². The van der Waals surface area contributed by atoms with Crippen molar-refractivity contribution in [1.82, 2.24) is 4.57 Å². The van der Waals surface area contributed by atoms with Gasteiger partial charge in [-0.3, -0.25) is 9.36 Å². The van der Waals surface area contributed by atoms with Gasteiger partial charge in [0.15, 0.2) is 10.5 Å². The van der Waals surface area contributed by atoms with Crippen LogP contribution in [0.3, 0.4) is 0 Å². The molecule has 3 heterocycles. The number of ether oxygens (including phenoxy) is 1. The molecule has 6 nitrogen and oxygen atoms in total. The van der Waals surface area contributed by atoms with Gasteiger partial charge in [0, 0.05) is 21.7 Å². The van der Waals surface area contributed by atoms with Gasteiger partial charge in [0.05, 0.1) is 27.8 Å². The summed E-state index contributed by atoms with van der Waals surface area (Å²) in [5, 5.41) is 1.15. The molecule has 0 bridgehead atoms. The summed E-state index contributed by atoms with van der Waals surface area (Å²) in [5.74, 6) is -0.628. The van der Waals surface area contributed by atoms with Gasteiger partial charge < -0.3 is 9.15 Å². The average molecular weight is 628 g/mol. The molecule has 0 radical (unpaired) electrons. The fourth-order valence-corrected chi connectivity index (χ4v) is 5.68. The zero-order chi connectivity index (χ0) is 28.8. The second-order valence-electron chi connectivity index (χ2n) is 8.44. The second kappa shape index (κ2) is 10.9. The number of carbonyl (C=O) groups is 1. The van der Waals surface area contributed by atoms with Gasteiger partial charge in [-0.15, -0.1) is 0 Å². The van der Waals surface area contributed by atoms with Gasteiger partial charge in [-0.1, -0.05) is 58.3 Å². The highest BCUT2D eigenvalue weighted by molar-refractivity contribution is 7.07. The molecule has 0 unspecified atom stereocenters. The molecule has 0 N–H and O–H groups in total. The number of esters is 1. The highest BCUT2D eigenvalue weighted by Crippen LogP contribution is 2.38. The largest absolute Gasteiger partial charge is 0.463 e. The molecule has 0 fully saturated rings. The number of carbonyl (C=O) groups excluding carboxylic acids is 1. The first kappa shape index (κ1) is 28.2.